The zero-order chi connectivity index (χ0) is 11.2. The first kappa shape index (κ1) is 11.5. The highest BCUT2D eigenvalue weighted by atomic mass is 16.5. The zero-order valence-electron chi connectivity index (χ0n) is 9.72. The Bertz CT molecular complexity index is 298. The van der Waals surface area contributed by atoms with Crippen LogP contribution in [0.3, 0.4) is 0 Å². The van der Waals surface area contributed by atoms with Crippen LogP contribution in [0.4, 0.5) is 0 Å². The molecule has 1 aliphatic heterocycles. The van der Waals surface area contributed by atoms with E-state index in [1.54, 1.807) is 6.33 Å². The van der Waals surface area contributed by atoms with Crippen LogP contribution < -0.4 is 5.32 Å². The first-order chi connectivity index (χ1) is 7.92. The van der Waals surface area contributed by atoms with E-state index in [-0.39, 0.29) is 12.1 Å². The van der Waals surface area contributed by atoms with E-state index in [4.69, 9.17) is 4.74 Å². The smallest absolute Gasteiger partial charge is 0.115 e. The Hall–Kier alpha value is -1.00. The molecule has 4 nitrogen and oxygen atoms in total. The quantitative estimate of drug-likeness (QED) is 0.840. The first-order valence-corrected chi connectivity index (χ1v) is 6.01. The number of likely N-dealkylation sites (N-methyl/N-ethyl adjacent to an activating group) is 1. The predicted molar refractivity (Wildman–Crippen MR) is 62.0 cm³/mol. The van der Waals surface area contributed by atoms with E-state index in [0.717, 1.165) is 25.1 Å². The summed E-state index contributed by atoms with van der Waals surface area (Å²) in [6.45, 7) is 3.92. The standard InChI is InChI=1S/C12H19N3O/c1-2-15-12(10-7-13-9-14-8-10)11-5-3-4-6-16-11/h7-9,11-12,15H,2-6H2,1H3. The number of aromatic nitrogens is 2. The van der Waals surface area contributed by atoms with Crippen molar-refractivity contribution < 1.29 is 4.74 Å². The molecule has 0 aliphatic carbocycles. The highest BCUT2D eigenvalue weighted by molar-refractivity contribution is 5.11. The van der Waals surface area contributed by atoms with Gasteiger partial charge in [0, 0.05) is 24.6 Å². The molecule has 2 heterocycles. The van der Waals surface area contributed by atoms with Gasteiger partial charge in [0.05, 0.1) is 12.1 Å². The van der Waals surface area contributed by atoms with Crippen molar-refractivity contribution in [2.24, 2.45) is 0 Å². The Balaban J connectivity index is 2.09. The maximum atomic E-state index is 5.83. The molecule has 0 amide bonds. The lowest BCUT2D eigenvalue weighted by Crippen LogP contribution is -2.36. The Morgan fingerprint density at radius 1 is 1.44 bits per heavy atom. The number of hydrogen-bond donors (Lipinski definition) is 1. The summed E-state index contributed by atoms with van der Waals surface area (Å²) in [6.07, 6.45) is 9.12. The van der Waals surface area contributed by atoms with Crippen molar-refractivity contribution in [2.75, 3.05) is 13.2 Å². The monoisotopic (exact) mass is 221 g/mol. The van der Waals surface area contributed by atoms with Crippen molar-refractivity contribution in [1.29, 1.82) is 0 Å². The molecule has 16 heavy (non-hydrogen) atoms. The van der Waals surface area contributed by atoms with E-state index in [2.05, 4.69) is 22.2 Å². The van der Waals surface area contributed by atoms with Crippen LogP contribution in [0.25, 0.3) is 0 Å². The second kappa shape index (κ2) is 5.92. The van der Waals surface area contributed by atoms with Gasteiger partial charge in [-0.25, -0.2) is 9.97 Å². The number of hydrogen-bond acceptors (Lipinski definition) is 4. The summed E-state index contributed by atoms with van der Waals surface area (Å²) in [4.78, 5) is 8.15. The molecule has 4 heteroatoms. The van der Waals surface area contributed by atoms with Crippen molar-refractivity contribution in [3.05, 3.63) is 24.3 Å². The third kappa shape index (κ3) is 2.77. The maximum absolute atomic E-state index is 5.83. The molecular formula is C12H19N3O. The molecule has 0 spiro atoms. The molecule has 1 N–H and O–H groups in total. The van der Waals surface area contributed by atoms with Crippen LogP contribution in [0.15, 0.2) is 18.7 Å². The molecule has 0 saturated carbocycles. The SMILES string of the molecule is CCNC(c1cncnc1)C1CCCCO1. The van der Waals surface area contributed by atoms with Crippen molar-refractivity contribution in [2.45, 2.75) is 38.3 Å². The molecule has 1 aromatic rings. The molecule has 1 aromatic heterocycles. The third-order valence-electron chi connectivity index (χ3n) is 2.95. The molecule has 0 radical (unpaired) electrons. The largest absolute Gasteiger partial charge is 0.376 e. The topological polar surface area (TPSA) is 47.0 Å². The maximum Gasteiger partial charge on any atom is 0.115 e. The van der Waals surface area contributed by atoms with E-state index >= 15 is 0 Å². The molecule has 2 unspecified atom stereocenters. The molecule has 2 rings (SSSR count). The van der Waals surface area contributed by atoms with Gasteiger partial charge < -0.3 is 10.1 Å². The van der Waals surface area contributed by atoms with Crippen molar-refractivity contribution in [1.82, 2.24) is 15.3 Å². The minimum atomic E-state index is 0.228. The van der Waals surface area contributed by atoms with E-state index in [1.165, 1.54) is 12.8 Å². The zero-order valence-corrected chi connectivity index (χ0v) is 9.72. The molecule has 1 fully saturated rings. The average Bonchev–Trinajstić information content (AvgIpc) is 2.38. The van der Waals surface area contributed by atoms with Gasteiger partial charge in [0.15, 0.2) is 0 Å². The van der Waals surface area contributed by atoms with Crippen LogP contribution in [0, 0.1) is 0 Å². The molecule has 2 atom stereocenters. The normalized spacial score (nSPS) is 22.9. The Kier molecular flexibility index (Phi) is 4.25. The fourth-order valence-electron chi connectivity index (χ4n) is 2.18. The van der Waals surface area contributed by atoms with Gasteiger partial charge in [0.2, 0.25) is 0 Å². The van der Waals surface area contributed by atoms with Crippen molar-refractivity contribution in [3.63, 3.8) is 0 Å². The van der Waals surface area contributed by atoms with E-state index < -0.39 is 0 Å². The number of nitrogens with one attached hydrogen (secondary N) is 1. The van der Waals surface area contributed by atoms with Crippen LogP contribution in [0.5, 0.6) is 0 Å². The van der Waals surface area contributed by atoms with E-state index in [9.17, 15) is 0 Å². The number of nitrogens with zero attached hydrogens (tertiary/aromatic N) is 2. The van der Waals surface area contributed by atoms with Crippen LogP contribution in [0.2, 0.25) is 0 Å². The average molecular weight is 221 g/mol. The predicted octanol–water partition coefficient (Wildman–Crippen LogP) is 1.70. The summed E-state index contributed by atoms with van der Waals surface area (Å²) in [5.74, 6) is 0. The summed E-state index contributed by atoms with van der Waals surface area (Å²) >= 11 is 0. The molecule has 0 aromatic carbocycles. The van der Waals surface area contributed by atoms with Crippen LogP contribution in [0.1, 0.15) is 37.8 Å². The molecule has 88 valence electrons. The number of rotatable bonds is 4. The first-order valence-electron chi connectivity index (χ1n) is 6.01. The van der Waals surface area contributed by atoms with E-state index in [1.807, 2.05) is 12.4 Å². The van der Waals surface area contributed by atoms with E-state index in [0.29, 0.717) is 0 Å². The summed E-state index contributed by atoms with van der Waals surface area (Å²) in [7, 11) is 0. The third-order valence-corrected chi connectivity index (χ3v) is 2.95. The number of ether oxygens (including phenoxy) is 1. The lowest BCUT2D eigenvalue weighted by Gasteiger charge is -2.30. The minimum absolute atomic E-state index is 0.228. The van der Waals surface area contributed by atoms with Crippen molar-refractivity contribution in [3.8, 4) is 0 Å². The highest BCUT2D eigenvalue weighted by Crippen LogP contribution is 2.25. The Morgan fingerprint density at radius 3 is 2.88 bits per heavy atom. The lowest BCUT2D eigenvalue weighted by atomic mass is 9.97. The highest BCUT2D eigenvalue weighted by Gasteiger charge is 2.25. The van der Waals surface area contributed by atoms with Gasteiger partial charge in [-0.2, -0.15) is 0 Å². The minimum Gasteiger partial charge on any atom is -0.376 e. The van der Waals surface area contributed by atoms with Gasteiger partial charge >= 0.3 is 0 Å². The summed E-state index contributed by atoms with van der Waals surface area (Å²) in [5, 5.41) is 3.46. The fraction of sp³-hybridized carbons (Fsp3) is 0.667. The Labute approximate surface area is 96.4 Å². The van der Waals surface area contributed by atoms with Crippen LogP contribution >= 0.6 is 0 Å². The lowest BCUT2D eigenvalue weighted by molar-refractivity contribution is -0.00800. The summed E-state index contributed by atoms with van der Waals surface area (Å²) < 4.78 is 5.83. The van der Waals surface area contributed by atoms with Gasteiger partial charge in [-0.1, -0.05) is 6.92 Å². The molecule has 1 aliphatic rings. The van der Waals surface area contributed by atoms with Gasteiger partial charge in [-0.05, 0) is 25.8 Å². The molecule has 0 bridgehead atoms. The van der Waals surface area contributed by atoms with Gasteiger partial charge in [-0.3, -0.25) is 0 Å². The second-order valence-corrected chi connectivity index (χ2v) is 4.11. The Morgan fingerprint density at radius 2 is 2.25 bits per heavy atom. The van der Waals surface area contributed by atoms with Crippen molar-refractivity contribution >= 4 is 0 Å². The molecule has 1 saturated heterocycles. The molecular weight excluding hydrogens is 202 g/mol. The summed E-state index contributed by atoms with van der Waals surface area (Å²) in [5.41, 5.74) is 1.12. The second-order valence-electron chi connectivity index (χ2n) is 4.11. The summed E-state index contributed by atoms with van der Waals surface area (Å²) in [6, 6.07) is 0.228. The van der Waals surface area contributed by atoms with Gasteiger partial charge in [-0.15, -0.1) is 0 Å². The van der Waals surface area contributed by atoms with Gasteiger partial charge in [0.1, 0.15) is 6.33 Å². The van der Waals surface area contributed by atoms with Gasteiger partial charge in [0.25, 0.3) is 0 Å². The van der Waals surface area contributed by atoms with Crippen LogP contribution in [-0.2, 0) is 4.74 Å². The van der Waals surface area contributed by atoms with Crippen LogP contribution in [-0.4, -0.2) is 29.2 Å². The fourth-order valence-corrected chi connectivity index (χ4v) is 2.18.